The average Bonchev–Trinajstić information content (AvgIpc) is 2.86. The summed E-state index contributed by atoms with van der Waals surface area (Å²) >= 11 is 5.31. The number of anilines is 1. The number of benzene rings is 1. The number of halogens is 1. The topological polar surface area (TPSA) is 24.8 Å². The summed E-state index contributed by atoms with van der Waals surface area (Å²) in [6, 6.07) is 8.02. The number of alkyl halides is 1. The Labute approximate surface area is 114 Å². The third-order valence-electron chi connectivity index (χ3n) is 2.60. The van der Waals surface area contributed by atoms with Crippen molar-refractivity contribution in [2.24, 2.45) is 4.99 Å². The Kier molecular flexibility index (Phi) is 4.34. The van der Waals surface area contributed by atoms with Crippen LogP contribution in [0.4, 0.5) is 5.69 Å². The second-order valence-corrected chi connectivity index (χ2v) is 5.69. The highest BCUT2D eigenvalue weighted by Crippen LogP contribution is 2.28. The van der Waals surface area contributed by atoms with Crippen molar-refractivity contribution in [3.05, 3.63) is 24.3 Å². The van der Waals surface area contributed by atoms with Gasteiger partial charge in [0.05, 0.1) is 13.7 Å². The van der Waals surface area contributed by atoms with Crippen LogP contribution in [-0.2, 0) is 0 Å². The Morgan fingerprint density at radius 3 is 3.06 bits per heavy atom. The quantitative estimate of drug-likeness (QED) is 0.802. The molecule has 0 saturated heterocycles. The number of rotatable bonds is 3. The molecule has 1 aliphatic rings. The normalized spacial score (nSPS) is 19.0. The smallest absolute Gasteiger partial charge is 0.163 e. The van der Waals surface area contributed by atoms with Crippen LogP contribution in [-0.4, -0.2) is 36.4 Å². The fourth-order valence-corrected chi connectivity index (χ4v) is 3.12. The van der Waals surface area contributed by atoms with E-state index in [4.69, 9.17) is 4.74 Å². The third kappa shape index (κ3) is 2.96. The number of methoxy groups -OCH3 is 1. The minimum atomic E-state index is 0.554. The first-order valence-electron chi connectivity index (χ1n) is 5.39. The molecule has 0 bridgehead atoms. The van der Waals surface area contributed by atoms with Gasteiger partial charge in [-0.3, -0.25) is 4.99 Å². The van der Waals surface area contributed by atoms with Gasteiger partial charge in [0.15, 0.2) is 5.17 Å². The number of nitrogens with zero attached hydrogens (tertiary/aromatic N) is 2. The maximum absolute atomic E-state index is 5.23. The van der Waals surface area contributed by atoms with E-state index in [1.54, 1.807) is 7.11 Å². The Balaban J connectivity index is 2.11. The van der Waals surface area contributed by atoms with E-state index in [2.05, 4.69) is 31.9 Å². The fraction of sp³-hybridized carbons (Fsp3) is 0.417. The first-order valence-corrected chi connectivity index (χ1v) is 7.39. The number of amidine groups is 1. The van der Waals surface area contributed by atoms with Crippen LogP contribution in [0.3, 0.4) is 0 Å². The van der Waals surface area contributed by atoms with Crippen molar-refractivity contribution in [3.63, 3.8) is 0 Å². The van der Waals surface area contributed by atoms with Gasteiger partial charge in [-0.15, -0.1) is 0 Å². The van der Waals surface area contributed by atoms with Gasteiger partial charge in [0.25, 0.3) is 0 Å². The van der Waals surface area contributed by atoms with E-state index < -0.39 is 0 Å². The largest absolute Gasteiger partial charge is 0.497 e. The van der Waals surface area contributed by atoms with E-state index in [9.17, 15) is 0 Å². The predicted octanol–water partition coefficient (Wildman–Crippen LogP) is 3.00. The van der Waals surface area contributed by atoms with Crippen LogP contribution in [0.15, 0.2) is 29.3 Å². The zero-order chi connectivity index (χ0) is 12.3. The van der Waals surface area contributed by atoms with Gasteiger partial charge in [-0.2, -0.15) is 0 Å². The van der Waals surface area contributed by atoms with Crippen LogP contribution in [0.1, 0.15) is 0 Å². The van der Waals surface area contributed by atoms with Crippen molar-refractivity contribution in [1.29, 1.82) is 0 Å². The number of thioether (sulfide) groups is 1. The molecule has 1 aromatic rings. The lowest BCUT2D eigenvalue weighted by Crippen LogP contribution is -2.22. The lowest BCUT2D eigenvalue weighted by atomic mass is 10.3. The molecule has 1 heterocycles. The van der Waals surface area contributed by atoms with Gasteiger partial charge < -0.3 is 9.64 Å². The Hall–Kier alpha value is -0.680. The predicted molar refractivity (Wildman–Crippen MR) is 78.9 cm³/mol. The lowest BCUT2D eigenvalue weighted by molar-refractivity contribution is 0.415. The highest BCUT2D eigenvalue weighted by Gasteiger charge is 2.22. The summed E-state index contributed by atoms with van der Waals surface area (Å²) in [5, 5.41) is 2.61. The maximum Gasteiger partial charge on any atom is 0.163 e. The van der Waals surface area contributed by atoms with E-state index in [-0.39, 0.29) is 0 Å². The van der Waals surface area contributed by atoms with Crippen LogP contribution >= 0.6 is 27.7 Å². The van der Waals surface area contributed by atoms with Crippen molar-refractivity contribution >= 4 is 38.5 Å². The van der Waals surface area contributed by atoms with Gasteiger partial charge in [0.2, 0.25) is 0 Å². The van der Waals surface area contributed by atoms with Crippen molar-refractivity contribution in [3.8, 4) is 5.75 Å². The third-order valence-corrected chi connectivity index (χ3v) is 5.07. The molecule has 17 heavy (non-hydrogen) atoms. The highest BCUT2D eigenvalue weighted by atomic mass is 79.9. The molecule has 0 spiro atoms. The van der Waals surface area contributed by atoms with Gasteiger partial charge in [-0.1, -0.05) is 33.8 Å². The van der Waals surface area contributed by atoms with Gasteiger partial charge >= 0.3 is 0 Å². The zero-order valence-electron chi connectivity index (χ0n) is 9.89. The monoisotopic (exact) mass is 314 g/mol. The van der Waals surface area contributed by atoms with Crippen LogP contribution < -0.4 is 9.64 Å². The molecule has 92 valence electrons. The summed E-state index contributed by atoms with van der Waals surface area (Å²) in [5.41, 5.74) is 1.10. The van der Waals surface area contributed by atoms with Gasteiger partial charge in [0.1, 0.15) is 5.75 Å². The zero-order valence-corrected chi connectivity index (χ0v) is 12.3. The van der Waals surface area contributed by atoms with Crippen LogP contribution in [0.5, 0.6) is 5.75 Å². The minimum absolute atomic E-state index is 0.554. The highest BCUT2D eigenvalue weighted by molar-refractivity contribution is 9.09. The van der Waals surface area contributed by atoms with Crippen LogP contribution in [0.2, 0.25) is 0 Å². The number of hydrogen-bond acceptors (Lipinski definition) is 4. The molecule has 1 unspecified atom stereocenters. The molecule has 0 radical (unpaired) electrons. The SMILES string of the molecule is COc1cccc(N(C)C2=NCC(CBr)S2)c1. The average molecular weight is 315 g/mol. The number of hydrogen-bond donors (Lipinski definition) is 0. The summed E-state index contributed by atoms with van der Waals surface area (Å²) < 4.78 is 5.23. The van der Waals surface area contributed by atoms with E-state index in [1.165, 1.54) is 0 Å². The molecule has 3 nitrogen and oxygen atoms in total. The molecule has 1 aromatic carbocycles. The van der Waals surface area contributed by atoms with Crippen molar-refractivity contribution in [2.75, 3.05) is 30.9 Å². The molecule has 1 aliphatic heterocycles. The molecule has 0 saturated carbocycles. The summed E-state index contributed by atoms with van der Waals surface area (Å²) in [5.74, 6) is 0.870. The van der Waals surface area contributed by atoms with Gasteiger partial charge in [0, 0.05) is 29.4 Å². The summed E-state index contributed by atoms with van der Waals surface area (Å²) in [6.45, 7) is 0.888. The summed E-state index contributed by atoms with van der Waals surface area (Å²) in [4.78, 5) is 6.66. The fourth-order valence-electron chi connectivity index (χ4n) is 1.60. The Morgan fingerprint density at radius 2 is 2.41 bits per heavy atom. The number of ether oxygens (including phenoxy) is 1. The van der Waals surface area contributed by atoms with Crippen LogP contribution in [0.25, 0.3) is 0 Å². The van der Waals surface area contributed by atoms with Crippen molar-refractivity contribution in [2.45, 2.75) is 5.25 Å². The van der Waals surface area contributed by atoms with Crippen molar-refractivity contribution in [1.82, 2.24) is 0 Å². The van der Waals surface area contributed by atoms with Gasteiger partial charge in [-0.05, 0) is 12.1 Å². The molecular formula is C12H15BrN2OS. The molecule has 0 N–H and O–H groups in total. The molecule has 0 amide bonds. The van der Waals surface area contributed by atoms with Gasteiger partial charge in [-0.25, -0.2) is 0 Å². The van der Waals surface area contributed by atoms with E-state index in [1.807, 2.05) is 37.0 Å². The summed E-state index contributed by atoms with van der Waals surface area (Å²) in [6.07, 6.45) is 0. The lowest BCUT2D eigenvalue weighted by Gasteiger charge is -2.19. The minimum Gasteiger partial charge on any atom is -0.497 e. The standard InChI is InChI=1S/C12H15BrN2OS/c1-15(12-14-8-11(7-13)17-12)9-4-3-5-10(6-9)16-2/h3-6,11H,7-8H2,1-2H3. The molecular weight excluding hydrogens is 300 g/mol. The van der Waals surface area contributed by atoms with Crippen molar-refractivity contribution < 1.29 is 4.74 Å². The molecule has 0 aliphatic carbocycles. The second kappa shape index (κ2) is 5.78. The first-order chi connectivity index (χ1) is 8.24. The molecule has 2 rings (SSSR count). The molecule has 1 atom stereocenters. The molecule has 5 heteroatoms. The summed E-state index contributed by atoms with van der Waals surface area (Å²) in [7, 11) is 3.72. The maximum atomic E-state index is 5.23. The Bertz CT molecular complexity index is 425. The van der Waals surface area contributed by atoms with E-state index in [0.717, 1.165) is 28.5 Å². The molecule has 0 aromatic heterocycles. The van der Waals surface area contributed by atoms with E-state index >= 15 is 0 Å². The first kappa shape index (κ1) is 12.8. The van der Waals surface area contributed by atoms with Crippen LogP contribution in [0, 0.1) is 0 Å². The Morgan fingerprint density at radius 1 is 1.59 bits per heavy atom. The number of aliphatic imine (C=N–C) groups is 1. The second-order valence-electron chi connectivity index (χ2n) is 3.78. The molecule has 0 fully saturated rings. The van der Waals surface area contributed by atoms with E-state index in [0.29, 0.717) is 5.25 Å².